The van der Waals surface area contributed by atoms with Gasteiger partial charge in [-0.3, -0.25) is 0 Å². The highest BCUT2D eigenvalue weighted by Gasteiger charge is 2.16. The molecule has 0 bridgehead atoms. The Bertz CT molecular complexity index is 438. The van der Waals surface area contributed by atoms with E-state index in [9.17, 15) is 5.11 Å². The lowest BCUT2D eigenvalue weighted by atomic mass is 10.2. The molecule has 0 aliphatic heterocycles. The summed E-state index contributed by atoms with van der Waals surface area (Å²) in [4.78, 5) is 4.98. The minimum atomic E-state index is -0.539. The second-order valence-electron chi connectivity index (χ2n) is 3.24. The fourth-order valence-electron chi connectivity index (χ4n) is 1.29. The summed E-state index contributed by atoms with van der Waals surface area (Å²) in [7, 11) is 0. The average molecular weight is 260 g/mol. The molecule has 2 heterocycles. The van der Waals surface area contributed by atoms with Crippen molar-refractivity contribution < 1.29 is 5.11 Å². The van der Waals surface area contributed by atoms with Crippen molar-refractivity contribution in [3.8, 4) is 0 Å². The van der Waals surface area contributed by atoms with Crippen LogP contribution in [-0.4, -0.2) is 10.1 Å². The van der Waals surface area contributed by atoms with Crippen LogP contribution in [0.25, 0.3) is 0 Å². The van der Waals surface area contributed by atoms with Crippen molar-refractivity contribution in [3.63, 3.8) is 0 Å². The lowest BCUT2D eigenvalue weighted by molar-refractivity contribution is 0.182. The number of aromatic nitrogens is 1. The van der Waals surface area contributed by atoms with Crippen LogP contribution in [0.3, 0.4) is 0 Å². The number of thiazole rings is 1. The van der Waals surface area contributed by atoms with Gasteiger partial charge in [0, 0.05) is 18.0 Å². The van der Waals surface area contributed by atoms with Crippen molar-refractivity contribution >= 4 is 34.3 Å². The van der Waals surface area contributed by atoms with Crippen molar-refractivity contribution in [1.82, 2.24) is 4.98 Å². The number of aliphatic hydroxyl groups is 1. The van der Waals surface area contributed by atoms with E-state index in [4.69, 9.17) is 11.6 Å². The van der Waals surface area contributed by atoms with E-state index in [2.05, 4.69) is 4.98 Å². The Morgan fingerprint density at radius 3 is 2.87 bits per heavy atom. The molecule has 0 amide bonds. The van der Waals surface area contributed by atoms with Crippen LogP contribution in [0, 0.1) is 6.92 Å². The monoisotopic (exact) mass is 259 g/mol. The van der Waals surface area contributed by atoms with E-state index in [1.54, 1.807) is 17.5 Å². The molecule has 0 aliphatic carbocycles. The summed E-state index contributed by atoms with van der Waals surface area (Å²) < 4.78 is 0. The molecule has 0 saturated carbocycles. The minimum absolute atomic E-state index is 0.539. The second-order valence-corrected chi connectivity index (χ2v) is 5.51. The summed E-state index contributed by atoms with van der Waals surface area (Å²) in [6, 6.07) is 0. The van der Waals surface area contributed by atoms with E-state index in [1.165, 1.54) is 11.3 Å². The molecule has 2 aromatic heterocycles. The summed E-state index contributed by atoms with van der Waals surface area (Å²) in [6.45, 7) is 1.94. The third kappa shape index (κ3) is 2.39. The molecule has 0 aromatic carbocycles. The normalized spacial score (nSPS) is 13.0. The van der Waals surface area contributed by atoms with Gasteiger partial charge in [-0.25, -0.2) is 4.98 Å². The first-order valence-electron chi connectivity index (χ1n) is 4.48. The maximum absolute atomic E-state index is 9.98. The van der Waals surface area contributed by atoms with Gasteiger partial charge in [-0.2, -0.15) is 0 Å². The smallest absolute Gasteiger partial charge is 0.0960 e. The Morgan fingerprint density at radius 1 is 1.53 bits per heavy atom. The van der Waals surface area contributed by atoms with Crippen LogP contribution in [0.1, 0.15) is 21.6 Å². The molecule has 0 radical (unpaired) electrons. The van der Waals surface area contributed by atoms with Crippen molar-refractivity contribution in [2.75, 3.05) is 0 Å². The van der Waals surface area contributed by atoms with Gasteiger partial charge in [0.2, 0.25) is 0 Å². The minimum Gasteiger partial charge on any atom is -0.387 e. The zero-order chi connectivity index (χ0) is 10.8. The molecule has 80 valence electrons. The SMILES string of the molecule is Cc1csc(C(O)Cc2nccs2)c1Cl. The topological polar surface area (TPSA) is 33.1 Å². The van der Waals surface area contributed by atoms with Gasteiger partial charge in [0.1, 0.15) is 0 Å². The molecule has 2 nitrogen and oxygen atoms in total. The molecule has 2 aromatic rings. The molecule has 0 spiro atoms. The first-order valence-corrected chi connectivity index (χ1v) is 6.62. The van der Waals surface area contributed by atoms with Gasteiger partial charge < -0.3 is 5.11 Å². The number of hydrogen-bond acceptors (Lipinski definition) is 4. The molecule has 1 unspecified atom stereocenters. The number of aliphatic hydroxyl groups excluding tert-OH is 1. The van der Waals surface area contributed by atoms with Crippen molar-refractivity contribution in [3.05, 3.63) is 37.4 Å². The Hall–Kier alpha value is -0.420. The zero-order valence-corrected chi connectivity index (χ0v) is 10.5. The highest BCUT2D eigenvalue weighted by molar-refractivity contribution is 7.11. The van der Waals surface area contributed by atoms with Gasteiger partial charge in [0.05, 0.1) is 21.0 Å². The van der Waals surface area contributed by atoms with Gasteiger partial charge in [-0.05, 0) is 17.9 Å². The zero-order valence-electron chi connectivity index (χ0n) is 8.11. The van der Waals surface area contributed by atoms with Gasteiger partial charge >= 0.3 is 0 Å². The molecular formula is C10H10ClNOS2. The Labute approximate surface area is 101 Å². The maximum Gasteiger partial charge on any atom is 0.0960 e. The third-order valence-corrected chi connectivity index (χ3v) is 4.70. The van der Waals surface area contributed by atoms with Gasteiger partial charge in [0.15, 0.2) is 0 Å². The molecule has 2 rings (SSSR count). The van der Waals surface area contributed by atoms with Crippen LogP contribution in [-0.2, 0) is 6.42 Å². The number of aryl methyl sites for hydroxylation is 1. The number of nitrogens with zero attached hydrogens (tertiary/aromatic N) is 1. The van der Waals surface area contributed by atoms with Crippen LogP contribution in [0.4, 0.5) is 0 Å². The fraction of sp³-hybridized carbons (Fsp3) is 0.300. The Morgan fingerprint density at radius 2 is 2.33 bits per heavy atom. The van der Waals surface area contributed by atoms with E-state index < -0.39 is 6.10 Å². The largest absolute Gasteiger partial charge is 0.387 e. The third-order valence-electron chi connectivity index (χ3n) is 2.08. The lowest BCUT2D eigenvalue weighted by Crippen LogP contribution is -1.99. The van der Waals surface area contributed by atoms with Crippen molar-refractivity contribution in [2.24, 2.45) is 0 Å². The van der Waals surface area contributed by atoms with E-state index >= 15 is 0 Å². The van der Waals surface area contributed by atoms with Crippen molar-refractivity contribution in [2.45, 2.75) is 19.4 Å². The second kappa shape index (κ2) is 4.61. The standard InChI is InChI=1S/C10H10ClNOS2/c1-6-5-15-10(9(6)11)7(13)4-8-12-2-3-14-8/h2-3,5,7,13H,4H2,1H3. The summed E-state index contributed by atoms with van der Waals surface area (Å²) >= 11 is 9.13. The van der Waals surface area contributed by atoms with Crippen molar-refractivity contribution in [1.29, 1.82) is 0 Å². The predicted molar refractivity (Wildman–Crippen MR) is 64.8 cm³/mol. The predicted octanol–water partition coefficient (Wildman–Crippen LogP) is 3.44. The molecule has 1 N–H and O–H groups in total. The van der Waals surface area contributed by atoms with Crippen LogP contribution in [0.15, 0.2) is 17.0 Å². The highest BCUT2D eigenvalue weighted by atomic mass is 35.5. The summed E-state index contributed by atoms with van der Waals surface area (Å²) in [5.41, 5.74) is 1.02. The van der Waals surface area contributed by atoms with E-state index in [-0.39, 0.29) is 0 Å². The molecule has 5 heteroatoms. The first-order chi connectivity index (χ1) is 7.18. The fourth-order valence-corrected chi connectivity index (χ4v) is 3.25. The quantitative estimate of drug-likeness (QED) is 0.916. The van der Waals surface area contributed by atoms with Crippen LogP contribution >= 0.6 is 34.3 Å². The molecule has 0 saturated heterocycles. The van der Waals surface area contributed by atoms with Gasteiger partial charge in [-0.1, -0.05) is 11.6 Å². The molecule has 0 aliphatic rings. The van der Waals surface area contributed by atoms with Gasteiger partial charge in [0.25, 0.3) is 0 Å². The molecule has 1 atom stereocenters. The maximum atomic E-state index is 9.98. The van der Waals surface area contributed by atoms with Crippen LogP contribution in [0.2, 0.25) is 5.02 Å². The molecule has 0 fully saturated rings. The van der Waals surface area contributed by atoms with E-state index in [0.717, 1.165) is 15.4 Å². The summed E-state index contributed by atoms with van der Waals surface area (Å²) in [5.74, 6) is 0. The average Bonchev–Trinajstić information content (AvgIpc) is 2.79. The number of halogens is 1. The summed E-state index contributed by atoms with van der Waals surface area (Å²) in [5, 5.41) is 15.5. The Balaban J connectivity index is 2.14. The number of rotatable bonds is 3. The van der Waals surface area contributed by atoms with Crippen LogP contribution < -0.4 is 0 Å². The molecule has 15 heavy (non-hydrogen) atoms. The number of thiophene rings is 1. The highest BCUT2D eigenvalue weighted by Crippen LogP contribution is 2.34. The van der Waals surface area contributed by atoms with E-state index in [1.807, 2.05) is 17.7 Å². The first kappa shape index (κ1) is 11.1. The van der Waals surface area contributed by atoms with Crippen LogP contribution in [0.5, 0.6) is 0 Å². The van der Waals surface area contributed by atoms with Gasteiger partial charge in [-0.15, -0.1) is 22.7 Å². The molecular weight excluding hydrogens is 250 g/mol. The lowest BCUT2D eigenvalue weighted by Gasteiger charge is -2.06. The number of hydrogen-bond donors (Lipinski definition) is 1. The summed E-state index contributed by atoms with van der Waals surface area (Å²) in [6.07, 6.45) is 1.74. The van der Waals surface area contributed by atoms with E-state index in [0.29, 0.717) is 11.4 Å². The Kier molecular flexibility index (Phi) is 3.41.